The van der Waals surface area contributed by atoms with Crippen LogP contribution >= 0.6 is 0 Å². The van der Waals surface area contributed by atoms with Crippen LogP contribution in [0, 0.1) is 19.8 Å². The first kappa shape index (κ1) is 22.9. The van der Waals surface area contributed by atoms with Gasteiger partial charge in [-0.25, -0.2) is 4.98 Å². The van der Waals surface area contributed by atoms with E-state index in [1.807, 2.05) is 26.0 Å². The number of rotatable bonds is 9. The molecule has 8 heteroatoms. The lowest BCUT2D eigenvalue weighted by molar-refractivity contribution is 0.319. The average molecular weight is 430 g/mol. The second-order valence-electron chi connectivity index (χ2n) is 8.17. The largest absolute Gasteiger partial charge is 0.493 e. The maximum Gasteiger partial charge on any atom is 0.225 e. The summed E-state index contributed by atoms with van der Waals surface area (Å²) in [5.74, 6) is 3.84. The van der Waals surface area contributed by atoms with Gasteiger partial charge in [-0.2, -0.15) is 4.98 Å². The predicted molar refractivity (Wildman–Crippen MR) is 123 cm³/mol. The summed E-state index contributed by atoms with van der Waals surface area (Å²) >= 11 is 0. The highest BCUT2D eigenvalue weighted by Gasteiger charge is 2.22. The molecule has 4 N–H and O–H groups in total. The number of hydrogen-bond donors (Lipinski definition) is 3. The van der Waals surface area contributed by atoms with E-state index in [0.29, 0.717) is 41.0 Å². The number of nitrogen functional groups attached to an aromatic ring is 1. The van der Waals surface area contributed by atoms with Crippen LogP contribution in [0.4, 0.5) is 11.8 Å². The first-order valence-electron chi connectivity index (χ1n) is 10.8. The van der Waals surface area contributed by atoms with Crippen LogP contribution in [0.25, 0.3) is 0 Å². The molecule has 1 aromatic carbocycles. The van der Waals surface area contributed by atoms with Gasteiger partial charge in [0.1, 0.15) is 5.82 Å². The third-order valence-electron chi connectivity index (χ3n) is 6.09. The van der Waals surface area contributed by atoms with E-state index in [0.717, 1.165) is 42.8 Å². The molecule has 2 aromatic rings. The van der Waals surface area contributed by atoms with Gasteiger partial charge < -0.3 is 30.6 Å². The highest BCUT2D eigenvalue weighted by Crippen LogP contribution is 2.38. The summed E-state index contributed by atoms with van der Waals surface area (Å²) in [4.78, 5) is 8.91. The molecule has 0 spiro atoms. The molecule has 0 atom stereocenters. The number of nitrogens with two attached hydrogens (primary N) is 1. The third kappa shape index (κ3) is 5.70. The van der Waals surface area contributed by atoms with Gasteiger partial charge in [0.15, 0.2) is 11.5 Å². The normalized spacial score (nSPS) is 18.5. The number of nitrogens with zero attached hydrogens (tertiary/aromatic N) is 2. The molecular formula is C23H35N5O3. The molecule has 0 radical (unpaired) electrons. The van der Waals surface area contributed by atoms with Gasteiger partial charge in [0.25, 0.3) is 0 Å². The van der Waals surface area contributed by atoms with Gasteiger partial charge in [0, 0.05) is 23.8 Å². The summed E-state index contributed by atoms with van der Waals surface area (Å²) in [5.41, 5.74) is 8.97. The van der Waals surface area contributed by atoms with Gasteiger partial charge in [0.2, 0.25) is 11.7 Å². The molecule has 0 amide bonds. The first-order valence-corrected chi connectivity index (χ1v) is 10.8. The lowest BCUT2D eigenvalue weighted by Crippen LogP contribution is -2.31. The SMILES string of the molecule is COc1cc(CNCC2CCC(Nc3nc(C)c(C)c(N)n3)CC2)cc(OC)c1OC. The molecule has 1 aliphatic rings. The van der Waals surface area contributed by atoms with Gasteiger partial charge in [-0.1, -0.05) is 0 Å². The zero-order valence-electron chi connectivity index (χ0n) is 19.2. The second kappa shape index (κ2) is 10.5. The lowest BCUT2D eigenvalue weighted by atomic mass is 9.86. The summed E-state index contributed by atoms with van der Waals surface area (Å²) < 4.78 is 16.3. The highest BCUT2D eigenvalue weighted by atomic mass is 16.5. The van der Waals surface area contributed by atoms with Gasteiger partial charge in [-0.3, -0.25) is 0 Å². The summed E-state index contributed by atoms with van der Waals surface area (Å²) in [6.45, 7) is 5.65. The van der Waals surface area contributed by atoms with Gasteiger partial charge >= 0.3 is 0 Å². The van der Waals surface area contributed by atoms with E-state index in [1.54, 1.807) is 21.3 Å². The van der Waals surface area contributed by atoms with E-state index in [4.69, 9.17) is 19.9 Å². The van der Waals surface area contributed by atoms with Crippen molar-refractivity contribution in [2.75, 3.05) is 38.9 Å². The monoisotopic (exact) mass is 429 g/mol. The standard InChI is InChI=1S/C23H35N5O3/c1-14-15(2)26-23(28-22(14)24)27-18-8-6-16(7-9-18)12-25-13-17-10-19(29-3)21(31-5)20(11-17)30-4/h10-11,16,18,25H,6-9,12-13H2,1-5H3,(H3,24,26,27,28). The maximum absolute atomic E-state index is 5.98. The Morgan fingerprint density at radius 3 is 2.16 bits per heavy atom. The Morgan fingerprint density at radius 1 is 0.968 bits per heavy atom. The van der Waals surface area contributed by atoms with Crippen LogP contribution in [-0.4, -0.2) is 43.9 Å². The second-order valence-corrected chi connectivity index (χ2v) is 8.17. The fraction of sp³-hybridized carbons (Fsp3) is 0.565. The van der Waals surface area contributed by atoms with Crippen LogP contribution in [0.3, 0.4) is 0 Å². The fourth-order valence-electron chi connectivity index (χ4n) is 4.07. The van der Waals surface area contributed by atoms with Crippen molar-refractivity contribution in [3.05, 3.63) is 29.0 Å². The zero-order chi connectivity index (χ0) is 22.4. The molecule has 1 heterocycles. The zero-order valence-corrected chi connectivity index (χ0v) is 19.2. The van der Waals surface area contributed by atoms with Crippen molar-refractivity contribution in [3.63, 3.8) is 0 Å². The number of aromatic nitrogens is 2. The Hall–Kier alpha value is -2.74. The van der Waals surface area contributed by atoms with Crippen LogP contribution in [0.5, 0.6) is 17.2 Å². The average Bonchev–Trinajstić information content (AvgIpc) is 2.77. The number of methoxy groups -OCH3 is 3. The van der Waals surface area contributed by atoms with Crippen LogP contribution in [0.1, 0.15) is 42.5 Å². The molecule has 8 nitrogen and oxygen atoms in total. The number of nitrogens with one attached hydrogen (secondary N) is 2. The van der Waals surface area contributed by atoms with E-state index in [-0.39, 0.29) is 0 Å². The quantitative estimate of drug-likeness (QED) is 0.557. The minimum atomic E-state index is 0.396. The van der Waals surface area contributed by atoms with E-state index in [9.17, 15) is 0 Å². The molecule has 0 bridgehead atoms. The Bertz CT molecular complexity index is 834. The Labute approximate surface area is 184 Å². The predicted octanol–water partition coefficient (Wildman–Crippen LogP) is 3.46. The number of hydrogen-bond acceptors (Lipinski definition) is 8. The topological polar surface area (TPSA) is 104 Å². The van der Waals surface area contributed by atoms with Gasteiger partial charge in [-0.15, -0.1) is 0 Å². The van der Waals surface area contributed by atoms with Crippen LogP contribution in [0.2, 0.25) is 0 Å². The lowest BCUT2D eigenvalue weighted by Gasteiger charge is -2.29. The third-order valence-corrected chi connectivity index (χ3v) is 6.09. The van der Waals surface area contributed by atoms with Crippen molar-refractivity contribution in [3.8, 4) is 17.2 Å². The minimum absolute atomic E-state index is 0.396. The molecule has 3 rings (SSSR count). The number of benzene rings is 1. The van der Waals surface area contributed by atoms with Crippen molar-refractivity contribution in [2.45, 2.75) is 52.1 Å². The Balaban J connectivity index is 1.47. The molecule has 0 unspecified atom stereocenters. The molecule has 1 saturated carbocycles. The Kier molecular flexibility index (Phi) is 7.79. The molecule has 1 aliphatic carbocycles. The van der Waals surface area contributed by atoms with Crippen molar-refractivity contribution in [1.82, 2.24) is 15.3 Å². The van der Waals surface area contributed by atoms with E-state index < -0.39 is 0 Å². The van der Waals surface area contributed by atoms with Crippen molar-refractivity contribution >= 4 is 11.8 Å². The van der Waals surface area contributed by atoms with Crippen LogP contribution in [0.15, 0.2) is 12.1 Å². The maximum atomic E-state index is 5.98. The summed E-state index contributed by atoms with van der Waals surface area (Å²) in [7, 11) is 4.89. The summed E-state index contributed by atoms with van der Waals surface area (Å²) in [6.07, 6.45) is 4.54. The summed E-state index contributed by atoms with van der Waals surface area (Å²) in [5, 5.41) is 7.05. The van der Waals surface area contributed by atoms with E-state index in [1.165, 1.54) is 12.8 Å². The minimum Gasteiger partial charge on any atom is -0.493 e. The van der Waals surface area contributed by atoms with Crippen LogP contribution in [-0.2, 0) is 6.54 Å². The molecule has 31 heavy (non-hydrogen) atoms. The summed E-state index contributed by atoms with van der Waals surface area (Å²) in [6, 6.07) is 4.38. The first-order chi connectivity index (χ1) is 14.9. The van der Waals surface area contributed by atoms with E-state index >= 15 is 0 Å². The van der Waals surface area contributed by atoms with Crippen LogP contribution < -0.4 is 30.6 Å². The molecular weight excluding hydrogens is 394 g/mol. The molecule has 0 saturated heterocycles. The molecule has 1 aromatic heterocycles. The van der Waals surface area contributed by atoms with Crippen molar-refractivity contribution < 1.29 is 14.2 Å². The van der Waals surface area contributed by atoms with E-state index in [2.05, 4.69) is 20.6 Å². The number of aryl methyl sites for hydroxylation is 1. The Morgan fingerprint density at radius 2 is 1.61 bits per heavy atom. The highest BCUT2D eigenvalue weighted by molar-refractivity contribution is 5.53. The van der Waals surface area contributed by atoms with Gasteiger partial charge in [-0.05, 0) is 69.7 Å². The molecule has 170 valence electrons. The smallest absolute Gasteiger partial charge is 0.225 e. The molecule has 1 fully saturated rings. The number of ether oxygens (including phenoxy) is 3. The number of anilines is 2. The molecule has 0 aliphatic heterocycles. The fourth-order valence-corrected chi connectivity index (χ4v) is 4.07. The van der Waals surface area contributed by atoms with Crippen molar-refractivity contribution in [1.29, 1.82) is 0 Å². The van der Waals surface area contributed by atoms with Crippen molar-refractivity contribution in [2.24, 2.45) is 5.92 Å². The van der Waals surface area contributed by atoms with Gasteiger partial charge in [0.05, 0.1) is 21.3 Å².